The summed E-state index contributed by atoms with van der Waals surface area (Å²) in [6, 6.07) is 28.7. The second-order valence-electron chi connectivity index (χ2n) is 9.79. The van der Waals surface area contributed by atoms with Gasteiger partial charge in [-0.15, -0.1) is 0 Å². The number of benzene rings is 4. The van der Waals surface area contributed by atoms with Crippen LogP contribution in [0.1, 0.15) is 60.8 Å². The van der Waals surface area contributed by atoms with Crippen LogP contribution in [-0.2, 0) is 10.4 Å². The lowest BCUT2D eigenvalue weighted by atomic mass is 9.85. The van der Waals surface area contributed by atoms with Crippen LogP contribution in [0.15, 0.2) is 103 Å². The minimum Gasteiger partial charge on any atom is -0.494 e. The molecule has 43 heavy (non-hydrogen) atoms. The minimum atomic E-state index is -2.16. The number of carbonyl (C=O) groups excluding carboxylic acids is 2. The fraction of sp³-hybridized carbons (Fsp3) is 0.257. The number of nitrogens with zero attached hydrogens (tertiary/aromatic N) is 1. The highest BCUT2D eigenvalue weighted by Crippen LogP contribution is 2.33. The fourth-order valence-electron chi connectivity index (χ4n) is 4.74. The van der Waals surface area contributed by atoms with Crippen molar-refractivity contribution in [2.45, 2.75) is 39.3 Å². The first-order valence-electron chi connectivity index (χ1n) is 14.4. The summed E-state index contributed by atoms with van der Waals surface area (Å²) in [7, 11) is 0. The van der Waals surface area contributed by atoms with Crippen LogP contribution in [0.2, 0.25) is 0 Å². The molecule has 0 aliphatic carbocycles. The van der Waals surface area contributed by atoms with Crippen LogP contribution in [0.3, 0.4) is 0 Å². The summed E-state index contributed by atoms with van der Waals surface area (Å²) in [6.07, 6.45) is 0. The molecule has 0 aliphatic heterocycles. The average Bonchev–Trinajstić information content (AvgIpc) is 3.04. The van der Waals surface area contributed by atoms with Crippen LogP contribution in [0.4, 0.5) is 0 Å². The number of ether oxygens (including phenoxy) is 3. The summed E-state index contributed by atoms with van der Waals surface area (Å²) in [5.41, 5.74) is 2.36. The Morgan fingerprint density at radius 3 is 1.53 bits per heavy atom. The third-order valence-electron chi connectivity index (χ3n) is 7.02. The van der Waals surface area contributed by atoms with Gasteiger partial charge in [-0.3, -0.25) is 15.0 Å². The van der Waals surface area contributed by atoms with Crippen LogP contribution in [0, 0.1) is 0 Å². The molecule has 2 N–H and O–H groups in total. The second kappa shape index (κ2) is 14.4. The van der Waals surface area contributed by atoms with Gasteiger partial charge in [-0.2, -0.15) is 0 Å². The zero-order chi connectivity index (χ0) is 30.8. The van der Waals surface area contributed by atoms with E-state index < -0.39 is 23.5 Å². The Morgan fingerprint density at radius 2 is 1.12 bits per heavy atom. The predicted molar refractivity (Wildman–Crippen MR) is 165 cm³/mol. The quantitative estimate of drug-likeness (QED) is 0.197. The molecule has 0 aromatic heterocycles. The monoisotopic (exact) mass is 582 g/mol. The second-order valence-corrected chi connectivity index (χ2v) is 9.79. The summed E-state index contributed by atoms with van der Waals surface area (Å²) >= 11 is 0. The first-order chi connectivity index (χ1) is 20.8. The maximum atomic E-state index is 14.3. The Morgan fingerprint density at radius 1 is 0.698 bits per heavy atom. The molecule has 0 fully saturated rings. The Kier molecular flexibility index (Phi) is 10.4. The highest BCUT2D eigenvalue weighted by atomic mass is 16.5. The van der Waals surface area contributed by atoms with Gasteiger partial charge in [0.2, 0.25) is 0 Å². The van der Waals surface area contributed by atoms with E-state index in [2.05, 4.69) is 5.43 Å². The molecule has 4 aromatic rings. The predicted octanol–water partition coefficient (Wildman–Crippen LogP) is 6.05. The smallest absolute Gasteiger partial charge is 0.279 e. The number of hydrazine groups is 1. The molecule has 1 atom stereocenters. The molecule has 224 valence electrons. The van der Waals surface area contributed by atoms with Crippen molar-refractivity contribution in [3.05, 3.63) is 125 Å². The van der Waals surface area contributed by atoms with Gasteiger partial charge in [0.1, 0.15) is 17.2 Å². The number of rotatable bonds is 12. The van der Waals surface area contributed by atoms with E-state index in [1.165, 1.54) is 5.01 Å². The molecule has 0 heterocycles. The van der Waals surface area contributed by atoms with Gasteiger partial charge < -0.3 is 19.3 Å². The molecule has 0 bridgehead atoms. The van der Waals surface area contributed by atoms with Crippen molar-refractivity contribution in [1.29, 1.82) is 0 Å². The van der Waals surface area contributed by atoms with Gasteiger partial charge in [-0.1, -0.05) is 54.6 Å². The molecule has 4 aromatic carbocycles. The number of amides is 2. The summed E-state index contributed by atoms with van der Waals surface area (Å²) in [5, 5.41) is 13.5. The average molecular weight is 583 g/mol. The minimum absolute atomic E-state index is 0.304. The fourth-order valence-corrected chi connectivity index (χ4v) is 4.74. The van der Waals surface area contributed by atoms with E-state index in [1.807, 2.05) is 58.0 Å². The lowest BCUT2D eigenvalue weighted by molar-refractivity contribution is -0.141. The number of hydrogen-bond donors (Lipinski definition) is 2. The SMILES string of the molecule is CCOc1ccc(C(C)N(NC(=O)C(O)(c2ccc(OCC)cc2)c2ccc(OCC)cc2)C(=O)c2ccccc2)cc1. The van der Waals surface area contributed by atoms with Crippen LogP contribution in [-0.4, -0.2) is 41.8 Å². The Bertz CT molecular complexity index is 1420. The summed E-state index contributed by atoms with van der Waals surface area (Å²) in [5.74, 6) is 0.666. The number of hydrogen-bond acceptors (Lipinski definition) is 6. The third kappa shape index (κ3) is 7.16. The van der Waals surface area contributed by atoms with Crippen LogP contribution >= 0.6 is 0 Å². The summed E-state index contributed by atoms with van der Waals surface area (Å²) in [6.45, 7) is 8.94. The zero-order valence-electron chi connectivity index (χ0n) is 24.9. The van der Waals surface area contributed by atoms with E-state index in [-0.39, 0.29) is 0 Å². The van der Waals surface area contributed by atoms with Crippen molar-refractivity contribution in [3.63, 3.8) is 0 Å². The number of aliphatic hydroxyl groups is 1. The van der Waals surface area contributed by atoms with E-state index in [0.717, 1.165) is 5.56 Å². The lowest BCUT2D eigenvalue weighted by Crippen LogP contribution is -2.55. The molecule has 0 saturated carbocycles. The third-order valence-corrected chi connectivity index (χ3v) is 7.02. The van der Waals surface area contributed by atoms with Crippen LogP contribution in [0.5, 0.6) is 17.2 Å². The van der Waals surface area contributed by atoms with Crippen molar-refractivity contribution in [1.82, 2.24) is 10.4 Å². The van der Waals surface area contributed by atoms with Gasteiger partial charge in [0.25, 0.3) is 11.8 Å². The van der Waals surface area contributed by atoms with E-state index in [0.29, 0.717) is 53.8 Å². The van der Waals surface area contributed by atoms with Gasteiger partial charge in [0.05, 0.1) is 25.9 Å². The van der Waals surface area contributed by atoms with Gasteiger partial charge in [0.15, 0.2) is 5.60 Å². The van der Waals surface area contributed by atoms with Gasteiger partial charge in [-0.05, 0) is 92.9 Å². The molecule has 0 aliphatic rings. The molecule has 2 amide bonds. The molecule has 1 unspecified atom stereocenters. The maximum absolute atomic E-state index is 14.3. The maximum Gasteiger partial charge on any atom is 0.279 e. The van der Waals surface area contributed by atoms with E-state index in [1.54, 1.807) is 72.8 Å². The molecular formula is C35H38N2O6. The normalized spacial score (nSPS) is 11.7. The van der Waals surface area contributed by atoms with Crippen molar-refractivity contribution in [2.24, 2.45) is 0 Å². The molecule has 8 heteroatoms. The zero-order valence-corrected chi connectivity index (χ0v) is 24.9. The van der Waals surface area contributed by atoms with Crippen molar-refractivity contribution < 1.29 is 28.9 Å². The highest BCUT2D eigenvalue weighted by Gasteiger charge is 2.42. The standard InChI is InChI=1S/C35H38N2O6/c1-5-41-30-19-13-26(14-20-30)25(4)37(33(38)27-11-9-8-10-12-27)36-34(39)35(40,28-15-21-31(22-16-28)42-6-2)29-17-23-32(24-18-29)43-7-3/h8-25,40H,5-7H2,1-4H3,(H,36,39). The Balaban J connectivity index is 1.76. The van der Waals surface area contributed by atoms with Crippen LogP contribution < -0.4 is 19.6 Å². The largest absolute Gasteiger partial charge is 0.494 e. The molecule has 8 nitrogen and oxygen atoms in total. The number of carbonyl (C=O) groups is 2. The van der Waals surface area contributed by atoms with E-state index in [4.69, 9.17) is 14.2 Å². The highest BCUT2D eigenvalue weighted by molar-refractivity contribution is 5.97. The van der Waals surface area contributed by atoms with Crippen molar-refractivity contribution >= 4 is 11.8 Å². The van der Waals surface area contributed by atoms with E-state index >= 15 is 0 Å². The van der Waals surface area contributed by atoms with Gasteiger partial charge in [-0.25, -0.2) is 5.01 Å². The Hall–Kier alpha value is -4.82. The molecule has 0 spiro atoms. The molecule has 0 radical (unpaired) electrons. The summed E-state index contributed by atoms with van der Waals surface area (Å²) in [4.78, 5) is 28.1. The Labute approximate surface area is 252 Å². The first-order valence-corrected chi connectivity index (χ1v) is 14.4. The van der Waals surface area contributed by atoms with Gasteiger partial charge in [0, 0.05) is 5.56 Å². The van der Waals surface area contributed by atoms with Crippen molar-refractivity contribution in [2.75, 3.05) is 19.8 Å². The molecule has 4 rings (SSSR count). The first kappa shape index (κ1) is 31.1. The lowest BCUT2D eigenvalue weighted by Gasteiger charge is -2.35. The number of nitrogens with one attached hydrogen (secondary N) is 1. The molecule has 0 saturated heterocycles. The van der Waals surface area contributed by atoms with Crippen molar-refractivity contribution in [3.8, 4) is 17.2 Å². The van der Waals surface area contributed by atoms with E-state index in [9.17, 15) is 14.7 Å². The van der Waals surface area contributed by atoms with Crippen LogP contribution in [0.25, 0.3) is 0 Å². The molecular weight excluding hydrogens is 544 g/mol. The van der Waals surface area contributed by atoms with Gasteiger partial charge >= 0.3 is 0 Å². The topological polar surface area (TPSA) is 97.3 Å². The summed E-state index contributed by atoms with van der Waals surface area (Å²) < 4.78 is 16.7.